The Bertz CT molecular complexity index is 1060. The molecular formula is C23H27NO4S. The molecule has 0 atom stereocenters. The van der Waals surface area contributed by atoms with Gasteiger partial charge >= 0.3 is 0 Å². The molecule has 0 fully saturated rings. The van der Waals surface area contributed by atoms with Crippen LogP contribution in [0.4, 0.5) is 5.69 Å². The third kappa shape index (κ3) is 3.78. The Morgan fingerprint density at radius 3 is 2.66 bits per heavy atom. The Labute approximate surface area is 172 Å². The van der Waals surface area contributed by atoms with Crippen molar-refractivity contribution < 1.29 is 17.9 Å². The first-order valence-corrected chi connectivity index (χ1v) is 11.9. The highest BCUT2D eigenvalue weighted by Crippen LogP contribution is 2.38. The number of carbonyl (C=O) groups is 1. The molecule has 1 aliphatic heterocycles. The summed E-state index contributed by atoms with van der Waals surface area (Å²) in [5.74, 6) is 0.324. The summed E-state index contributed by atoms with van der Waals surface area (Å²) in [6, 6.07) is 9.29. The minimum Gasteiger partial charge on any atom is -0.495 e. The molecule has 5 nitrogen and oxygen atoms in total. The number of sulfone groups is 1. The zero-order valence-corrected chi connectivity index (χ0v) is 17.8. The van der Waals surface area contributed by atoms with E-state index in [9.17, 15) is 13.2 Å². The van der Waals surface area contributed by atoms with Gasteiger partial charge in [0.2, 0.25) is 5.91 Å². The van der Waals surface area contributed by atoms with E-state index in [0.29, 0.717) is 17.2 Å². The number of methoxy groups -OCH3 is 1. The lowest BCUT2D eigenvalue weighted by atomic mass is 9.96. The molecule has 2 aliphatic rings. The summed E-state index contributed by atoms with van der Waals surface area (Å²) < 4.78 is 31.2. The van der Waals surface area contributed by atoms with Crippen molar-refractivity contribution in [3.05, 3.63) is 52.6 Å². The number of hydrogen-bond acceptors (Lipinski definition) is 4. The quantitative estimate of drug-likeness (QED) is 0.751. The maximum Gasteiger partial charge on any atom is 0.228 e. The Balaban J connectivity index is 1.53. The van der Waals surface area contributed by atoms with Crippen LogP contribution in [0.3, 0.4) is 0 Å². The van der Waals surface area contributed by atoms with Gasteiger partial charge in [-0.3, -0.25) is 4.79 Å². The molecule has 0 saturated carbocycles. The van der Waals surface area contributed by atoms with E-state index in [1.165, 1.54) is 5.56 Å². The Morgan fingerprint density at radius 1 is 1.07 bits per heavy atom. The van der Waals surface area contributed by atoms with Crippen LogP contribution in [0.1, 0.15) is 41.5 Å². The number of carbonyl (C=O) groups excluding carboxylic acids is 1. The van der Waals surface area contributed by atoms with Crippen LogP contribution in [0.25, 0.3) is 0 Å². The van der Waals surface area contributed by atoms with Crippen molar-refractivity contribution in [2.24, 2.45) is 0 Å². The second-order valence-corrected chi connectivity index (χ2v) is 10.0. The van der Waals surface area contributed by atoms with E-state index in [1.807, 2.05) is 25.1 Å². The molecule has 0 radical (unpaired) electrons. The summed E-state index contributed by atoms with van der Waals surface area (Å²) >= 11 is 0. The average molecular weight is 414 g/mol. The van der Waals surface area contributed by atoms with Gasteiger partial charge in [-0.2, -0.15) is 0 Å². The van der Waals surface area contributed by atoms with Gasteiger partial charge in [-0.05, 0) is 79.5 Å². The first-order chi connectivity index (χ1) is 13.9. The largest absolute Gasteiger partial charge is 0.495 e. The van der Waals surface area contributed by atoms with Crippen LogP contribution in [-0.4, -0.2) is 33.7 Å². The molecular weight excluding hydrogens is 386 g/mol. The summed E-state index contributed by atoms with van der Waals surface area (Å²) in [7, 11) is -1.90. The zero-order valence-electron chi connectivity index (χ0n) is 17.0. The minimum absolute atomic E-state index is 0.0318. The normalized spacial score (nSPS) is 15.7. The summed E-state index contributed by atoms with van der Waals surface area (Å²) in [5, 5.41) is 0. The summed E-state index contributed by atoms with van der Waals surface area (Å²) in [5.41, 5.74) is 5.42. The van der Waals surface area contributed by atoms with Gasteiger partial charge in [0.1, 0.15) is 5.75 Å². The highest BCUT2D eigenvalue weighted by atomic mass is 32.2. The predicted molar refractivity (Wildman–Crippen MR) is 114 cm³/mol. The zero-order chi connectivity index (χ0) is 20.6. The van der Waals surface area contributed by atoms with Crippen molar-refractivity contribution in [3.8, 4) is 5.75 Å². The highest BCUT2D eigenvalue weighted by molar-refractivity contribution is 7.91. The lowest BCUT2D eigenvalue weighted by molar-refractivity contribution is -0.118. The maximum absolute atomic E-state index is 13.0. The van der Waals surface area contributed by atoms with Crippen LogP contribution in [0.2, 0.25) is 0 Å². The smallest absolute Gasteiger partial charge is 0.228 e. The van der Waals surface area contributed by atoms with Crippen molar-refractivity contribution in [2.75, 3.05) is 24.3 Å². The average Bonchev–Trinajstić information content (AvgIpc) is 3.20. The molecule has 2 aromatic carbocycles. The lowest BCUT2D eigenvalue weighted by Crippen LogP contribution is -2.37. The van der Waals surface area contributed by atoms with E-state index in [4.69, 9.17) is 4.74 Å². The SMILES string of the molecule is COc1ccc(C)c2c1N(C(=O)CCS(=O)(=O)c1ccc3c(c1)CCC3)CCC2. The van der Waals surface area contributed by atoms with Crippen LogP contribution >= 0.6 is 0 Å². The Kier molecular flexibility index (Phi) is 5.38. The maximum atomic E-state index is 13.0. The second kappa shape index (κ2) is 7.82. The minimum atomic E-state index is -3.50. The number of hydrogen-bond donors (Lipinski definition) is 0. The number of fused-ring (bicyclic) bond motifs is 2. The van der Waals surface area contributed by atoms with Gasteiger partial charge in [0.25, 0.3) is 0 Å². The third-order valence-electron chi connectivity index (χ3n) is 6.09. The predicted octanol–water partition coefficient (Wildman–Crippen LogP) is 3.64. The van der Waals surface area contributed by atoms with E-state index in [-0.39, 0.29) is 18.1 Å². The van der Waals surface area contributed by atoms with Gasteiger partial charge < -0.3 is 9.64 Å². The van der Waals surface area contributed by atoms with Crippen molar-refractivity contribution in [3.63, 3.8) is 0 Å². The second-order valence-electron chi connectivity index (χ2n) is 7.91. The summed E-state index contributed by atoms with van der Waals surface area (Å²) in [4.78, 5) is 15.1. The van der Waals surface area contributed by atoms with Crippen molar-refractivity contribution in [2.45, 2.75) is 50.3 Å². The molecule has 0 unspecified atom stereocenters. The van der Waals surface area contributed by atoms with E-state index >= 15 is 0 Å². The van der Waals surface area contributed by atoms with Gasteiger partial charge in [-0.15, -0.1) is 0 Å². The molecule has 0 bridgehead atoms. The van der Waals surface area contributed by atoms with Crippen molar-refractivity contribution in [1.82, 2.24) is 0 Å². The number of nitrogens with zero attached hydrogens (tertiary/aromatic N) is 1. The van der Waals surface area contributed by atoms with Crippen LogP contribution in [0.5, 0.6) is 5.75 Å². The number of anilines is 1. The van der Waals surface area contributed by atoms with Gasteiger partial charge in [0.15, 0.2) is 9.84 Å². The summed E-state index contributed by atoms with van der Waals surface area (Å²) in [6.07, 6.45) is 4.76. The van der Waals surface area contributed by atoms with E-state index in [2.05, 4.69) is 0 Å². The molecule has 29 heavy (non-hydrogen) atoms. The number of aryl methyl sites for hydroxylation is 3. The molecule has 1 aliphatic carbocycles. The summed E-state index contributed by atoms with van der Waals surface area (Å²) in [6.45, 7) is 2.62. The molecule has 0 N–H and O–H groups in total. The van der Waals surface area contributed by atoms with Gasteiger partial charge in [-0.25, -0.2) is 8.42 Å². The fraction of sp³-hybridized carbons (Fsp3) is 0.435. The Hall–Kier alpha value is -2.34. The first-order valence-electron chi connectivity index (χ1n) is 10.2. The number of ether oxygens (including phenoxy) is 1. The molecule has 0 spiro atoms. The molecule has 0 aromatic heterocycles. The number of amides is 1. The van der Waals surface area contributed by atoms with Crippen molar-refractivity contribution >= 4 is 21.4 Å². The number of rotatable bonds is 5. The molecule has 1 amide bonds. The fourth-order valence-electron chi connectivity index (χ4n) is 4.48. The fourth-order valence-corrected chi connectivity index (χ4v) is 5.76. The third-order valence-corrected chi connectivity index (χ3v) is 7.81. The topological polar surface area (TPSA) is 63.7 Å². The van der Waals surface area contributed by atoms with Crippen LogP contribution in [0, 0.1) is 6.92 Å². The van der Waals surface area contributed by atoms with E-state index < -0.39 is 9.84 Å². The standard InChI is InChI=1S/C23H27NO4S/c1-16-8-11-21(28-2)23-20(16)7-4-13-24(23)22(25)12-14-29(26,27)19-10-9-17-5-3-6-18(17)15-19/h8-11,15H,3-7,12-14H2,1-2H3. The van der Waals surface area contributed by atoms with Crippen LogP contribution in [-0.2, 0) is 33.9 Å². The first kappa shape index (κ1) is 20.0. The lowest BCUT2D eigenvalue weighted by Gasteiger charge is -2.32. The molecule has 154 valence electrons. The van der Waals surface area contributed by atoms with Crippen molar-refractivity contribution in [1.29, 1.82) is 0 Å². The van der Waals surface area contributed by atoms with Gasteiger partial charge in [0, 0.05) is 13.0 Å². The molecule has 6 heteroatoms. The molecule has 0 saturated heterocycles. The monoisotopic (exact) mass is 413 g/mol. The molecule has 2 aromatic rings. The number of benzene rings is 2. The van der Waals surface area contributed by atoms with Gasteiger partial charge in [-0.1, -0.05) is 12.1 Å². The Morgan fingerprint density at radius 2 is 1.86 bits per heavy atom. The molecule has 1 heterocycles. The molecule has 4 rings (SSSR count). The van der Waals surface area contributed by atoms with E-state index in [1.54, 1.807) is 24.1 Å². The van der Waals surface area contributed by atoms with Crippen LogP contribution in [0.15, 0.2) is 35.2 Å². The highest BCUT2D eigenvalue weighted by Gasteiger charge is 2.28. The van der Waals surface area contributed by atoms with Gasteiger partial charge in [0.05, 0.1) is 23.4 Å². The van der Waals surface area contributed by atoms with E-state index in [0.717, 1.165) is 54.5 Å². The van der Waals surface area contributed by atoms with Crippen LogP contribution < -0.4 is 9.64 Å².